The maximum absolute atomic E-state index is 13.4. The number of nitrogens with one attached hydrogen (secondary N) is 3. The van der Waals surface area contributed by atoms with Crippen LogP contribution in [0.15, 0.2) is 102 Å². The first kappa shape index (κ1) is 31.1. The summed E-state index contributed by atoms with van der Waals surface area (Å²) in [5, 5.41) is 8.37. The molecule has 0 saturated carbocycles. The van der Waals surface area contributed by atoms with E-state index in [9.17, 15) is 14.4 Å². The predicted octanol–water partition coefficient (Wildman–Crippen LogP) is 6.28. The summed E-state index contributed by atoms with van der Waals surface area (Å²) in [5.41, 5.74) is 1.55. The molecular formula is C32H29ClN4O5S. The molecule has 9 nitrogen and oxygen atoms in total. The minimum Gasteiger partial charge on any atom is -0.493 e. The summed E-state index contributed by atoms with van der Waals surface area (Å²) in [6.45, 7) is 1.78. The summed E-state index contributed by atoms with van der Waals surface area (Å²) in [5.74, 6) is 0.252. The Labute approximate surface area is 258 Å². The van der Waals surface area contributed by atoms with E-state index in [1.807, 2.05) is 0 Å². The molecule has 0 bridgehead atoms. The molecule has 4 rings (SSSR count). The first-order valence-corrected chi connectivity index (χ1v) is 14.3. The zero-order valence-corrected chi connectivity index (χ0v) is 25.2. The van der Waals surface area contributed by atoms with E-state index in [0.29, 0.717) is 39.2 Å². The predicted molar refractivity (Wildman–Crippen MR) is 170 cm³/mol. The molecule has 3 amide bonds. The quantitative estimate of drug-likeness (QED) is 0.134. The highest BCUT2D eigenvalue weighted by Crippen LogP contribution is 2.29. The molecule has 0 radical (unpaired) electrons. The number of nitrogens with zero attached hydrogens (tertiary/aromatic N) is 1. The van der Waals surface area contributed by atoms with Crippen LogP contribution >= 0.6 is 23.4 Å². The number of hydrogen-bond acceptors (Lipinski definition) is 7. The van der Waals surface area contributed by atoms with Crippen molar-refractivity contribution in [3.63, 3.8) is 0 Å². The van der Waals surface area contributed by atoms with Gasteiger partial charge in [0.2, 0.25) is 5.91 Å². The van der Waals surface area contributed by atoms with Gasteiger partial charge in [-0.15, -0.1) is 11.8 Å². The largest absolute Gasteiger partial charge is 0.493 e. The first-order chi connectivity index (χ1) is 20.7. The molecule has 4 aromatic rings. The summed E-state index contributed by atoms with van der Waals surface area (Å²) in [6.07, 6.45) is 3.02. The number of rotatable bonds is 11. The number of halogens is 1. The van der Waals surface area contributed by atoms with Crippen LogP contribution in [0.4, 0.5) is 11.5 Å². The van der Waals surface area contributed by atoms with Gasteiger partial charge < -0.3 is 25.4 Å². The van der Waals surface area contributed by atoms with Crippen molar-refractivity contribution >= 4 is 58.7 Å². The Morgan fingerprint density at radius 1 is 0.884 bits per heavy atom. The summed E-state index contributed by atoms with van der Waals surface area (Å²) < 4.78 is 10.7. The van der Waals surface area contributed by atoms with E-state index in [-0.39, 0.29) is 11.6 Å². The third-order valence-corrected chi connectivity index (χ3v) is 7.36. The van der Waals surface area contributed by atoms with E-state index in [4.69, 9.17) is 21.1 Å². The molecular weight excluding hydrogens is 588 g/mol. The van der Waals surface area contributed by atoms with Crippen molar-refractivity contribution in [1.29, 1.82) is 0 Å². The van der Waals surface area contributed by atoms with Crippen molar-refractivity contribution in [1.82, 2.24) is 10.3 Å². The Bertz CT molecular complexity index is 1610. The lowest BCUT2D eigenvalue weighted by atomic mass is 10.1. The second-order valence-corrected chi connectivity index (χ2v) is 10.9. The number of pyridine rings is 1. The molecule has 0 spiro atoms. The highest BCUT2D eigenvalue weighted by atomic mass is 35.5. The van der Waals surface area contributed by atoms with Crippen LogP contribution in [-0.4, -0.2) is 42.2 Å². The Balaban J connectivity index is 1.47. The van der Waals surface area contributed by atoms with Crippen LogP contribution in [-0.2, 0) is 9.59 Å². The van der Waals surface area contributed by atoms with E-state index in [1.54, 1.807) is 97.9 Å². The third-order valence-electron chi connectivity index (χ3n) is 6.02. The monoisotopic (exact) mass is 616 g/mol. The molecule has 0 aliphatic rings. The molecule has 1 unspecified atom stereocenters. The zero-order chi connectivity index (χ0) is 30.8. The number of hydrogen-bond donors (Lipinski definition) is 3. The fourth-order valence-corrected chi connectivity index (χ4v) is 4.78. The minimum absolute atomic E-state index is 0.0284. The number of carbonyl (C=O) groups excluding carboxylic acids is 3. The third kappa shape index (κ3) is 8.84. The molecule has 0 saturated heterocycles. The average Bonchev–Trinajstić information content (AvgIpc) is 3.02. The van der Waals surface area contributed by atoms with Crippen LogP contribution in [0, 0.1) is 0 Å². The second-order valence-electron chi connectivity index (χ2n) is 9.08. The van der Waals surface area contributed by atoms with Crippen LogP contribution in [0.3, 0.4) is 0 Å². The lowest BCUT2D eigenvalue weighted by Gasteiger charge is -2.14. The molecule has 220 valence electrons. The number of amides is 3. The van der Waals surface area contributed by atoms with Gasteiger partial charge in [-0.05, 0) is 79.2 Å². The lowest BCUT2D eigenvalue weighted by molar-refractivity contribution is -0.115. The number of ether oxygens (including phenoxy) is 2. The van der Waals surface area contributed by atoms with E-state index in [0.717, 1.165) is 4.90 Å². The van der Waals surface area contributed by atoms with Crippen molar-refractivity contribution in [3.05, 3.63) is 113 Å². The lowest BCUT2D eigenvalue weighted by Crippen LogP contribution is -2.30. The normalized spacial score (nSPS) is 11.7. The number of thioether (sulfide) groups is 1. The van der Waals surface area contributed by atoms with E-state index in [2.05, 4.69) is 20.9 Å². The summed E-state index contributed by atoms with van der Waals surface area (Å²) in [6, 6.07) is 24.1. The summed E-state index contributed by atoms with van der Waals surface area (Å²) >= 11 is 7.20. The Morgan fingerprint density at radius 3 is 2.26 bits per heavy atom. The molecule has 11 heteroatoms. The van der Waals surface area contributed by atoms with Crippen molar-refractivity contribution < 1.29 is 23.9 Å². The second kappa shape index (κ2) is 14.9. The van der Waals surface area contributed by atoms with E-state index >= 15 is 0 Å². The van der Waals surface area contributed by atoms with Gasteiger partial charge in [-0.2, -0.15) is 0 Å². The molecule has 3 aromatic carbocycles. The van der Waals surface area contributed by atoms with Crippen molar-refractivity contribution in [3.8, 4) is 11.5 Å². The number of aromatic nitrogens is 1. The molecule has 0 aliphatic heterocycles. The molecule has 1 atom stereocenters. The van der Waals surface area contributed by atoms with Crippen LogP contribution in [0.25, 0.3) is 6.08 Å². The molecule has 0 aliphatic carbocycles. The van der Waals surface area contributed by atoms with Crippen LogP contribution in [0.5, 0.6) is 11.5 Å². The molecule has 1 heterocycles. The zero-order valence-electron chi connectivity index (χ0n) is 23.6. The van der Waals surface area contributed by atoms with Crippen molar-refractivity contribution in [2.24, 2.45) is 0 Å². The van der Waals surface area contributed by atoms with Crippen molar-refractivity contribution in [2.45, 2.75) is 17.1 Å². The Kier molecular flexibility index (Phi) is 10.8. The fraction of sp³-hybridized carbons (Fsp3) is 0.125. The number of benzene rings is 3. The van der Waals surface area contributed by atoms with Gasteiger partial charge in [0, 0.05) is 22.3 Å². The van der Waals surface area contributed by atoms with Gasteiger partial charge in [0.1, 0.15) is 11.5 Å². The maximum atomic E-state index is 13.4. The number of carbonyl (C=O) groups is 3. The first-order valence-electron chi connectivity index (χ1n) is 13.1. The molecule has 3 N–H and O–H groups in total. The average molecular weight is 617 g/mol. The summed E-state index contributed by atoms with van der Waals surface area (Å²) in [7, 11) is 3.05. The van der Waals surface area contributed by atoms with Gasteiger partial charge in [-0.3, -0.25) is 14.4 Å². The van der Waals surface area contributed by atoms with E-state index < -0.39 is 17.1 Å². The topological polar surface area (TPSA) is 119 Å². The minimum atomic E-state index is -0.525. The Hall–Kier alpha value is -4.80. The van der Waals surface area contributed by atoms with Gasteiger partial charge >= 0.3 is 0 Å². The SMILES string of the molecule is COc1ccc(/C=C(\NC(=O)c2ccccc2)C(=O)Nc2ccc(SC(C)C(=O)Nc3ccc(Cl)cn3)cc2)cc1OC. The van der Waals surface area contributed by atoms with Gasteiger partial charge in [-0.25, -0.2) is 4.98 Å². The standard InChI is InChI=1S/C32H29ClN4O5S/c1-20(30(38)37-29-16-10-23(33)19-34-29)43-25-13-11-24(12-14-25)35-32(40)26(36-31(39)22-7-5-4-6-8-22)17-21-9-15-27(41-2)28(18-21)42-3/h4-20H,1-3H3,(H,35,40)(H,36,39)(H,34,37,38)/b26-17-. The van der Waals surface area contributed by atoms with Crippen LogP contribution in [0.2, 0.25) is 5.02 Å². The highest BCUT2D eigenvalue weighted by molar-refractivity contribution is 8.00. The molecule has 43 heavy (non-hydrogen) atoms. The number of anilines is 2. The molecule has 1 aromatic heterocycles. The highest BCUT2D eigenvalue weighted by Gasteiger charge is 2.17. The van der Waals surface area contributed by atoms with Gasteiger partial charge in [0.25, 0.3) is 11.8 Å². The smallest absolute Gasteiger partial charge is 0.272 e. The van der Waals surface area contributed by atoms with Gasteiger partial charge in [0.05, 0.1) is 24.5 Å². The fourth-order valence-electron chi connectivity index (χ4n) is 3.80. The van der Waals surface area contributed by atoms with Crippen LogP contribution in [0.1, 0.15) is 22.8 Å². The van der Waals surface area contributed by atoms with Crippen LogP contribution < -0.4 is 25.4 Å². The van der Waals surface area contributed by atoms with Crippen molar-refractivity contribution in [2.75, 3.05) is 24.9 Å². The molecule has 0 fully saturated rings. The number of methoxy groups -OCH3 is 2. The van der Waals surface area contributed by atoms with E-state index in [1.165, 1.54) is 32.2 Å². The van der Waals surface area contributed by atoms with Gasteiger partial charge in [0.15, 0.2) is 11.5 Å². The summed E-state index contributed by atoms with van der Waals surface area (Å²) in [4.78, 5) is 43.8. The van der Waals surface area contributed by atoms with Gasteiger partial charge in [-0.1, -0.05) is 35.9 Å². The maximum Gasteiger partial charge on any atom is 0.272 e. The Morgan fingerprint density at radius 2 is 1.60 bits per heavy atom.